The van der Waals surface area contributed by atoms with E-state index in [1.807, 2.05) is 12.1 Å². The number of nitrogens with two attached hydrogens (primary N) is 1. The van der Waals surface area contributed by atoms with E-state index < -0.39 is 0 Å². The first-order chi connectivity index (χ1) is 9.56. The monoisotopic (exact) mass is 290 g/mol. The molecule has 0 aliphatic rings. The van der Waals surface area contributed by atoms with E-state index in [1.54, 1.807) is 13.2 Å². The van der Waals surface area contributed by atoms with Gasteiger partial charge in [-0.2, -0.15) is 0 Å². The molecule has 0 fully saturated rings. The second-order valence-electron chi connectivity index (χ2n) is 4.85. The van der Waals surface area contributed by atoms with Gasteiger partial charge in [-0.1, -0.05) is 41.4 Å². The van der Waals surface area contributed by atoms with Crippen molar-refractivity contribution in [1.29, 1.82) is 0 Å². The lowest BCUT2D eigenvalue weighted by molar-refractivity contribution is 0.404. The summed E-state index contributed by atoms with van der Waals surface area (Å²) in [7, 11) is 1.63. The lowest BCUT2D eigenvalue weighted by Gasteiger charge is -2.21. The summed E-state index contributed by atoms with van der Waals surface area (Å²) in [6.07, 6.45) is 0. The zero-order valence-electron chi connectivity index (χ0n) is 11.9. The molecule has 0 saturated heterocycles. The lowest BCUT2D eigenvalue weighted by atomic mass is 9.94. The summed E-state index contributed by atoms with van der Waals surface area (Å²) in [5.41, 5.74) is 7.37. The number of rotatable bonds is 4. The van der Waals surface area contributed by atoms with Crippen LogP contribution in [0.15, 0.2) is 36.4 Å². The summed E-state index contributed by atoms with van der Waals surface area (Å²) < 4.78 is 5.41. The molecule has 0 bridgehead atoms. The zero-order valence-corrected chi connectivity index (χ0v) is 12.7. The number of halogens is 1. The predicted molar refractivity (Wildman–Crippen MR) is 83.1 cm³/mol. The number of nitrogens with one attached hydrogen (secondary N) is 1. The molecule has 0 aliphatic carbocycles. The molecule has 2 aromatic carbocycles. The first-order valence-electron chi connectivity index (χ1n) is 6.43. The number of benzene rings is 2. The van der Waals surface area contributed by atoms with Crippen LogP contribution in [0.1, 0.15) is 28.3 Å². The van der Waals surface area contributed by atoms with Crippen molar-refractivity contribution in [2.24, 2.45) is 5.84 Å². The van der Waals surface area contributed by atoms with Crippen molar-refractivity contribution >= 4 is 11.6 Å². The van der Waals surface area contributed by atoms with E-state index in [2.05, 4.69) is 37.5 Å². The molecule has 0 aliphatic heterocycles. The topological polar surface area (TPSA) is 47.3 Å². The van der Waals surface area contributed by atoms with Gasteiger partial charge in [0.05, 0.1) is 13.2 Å². The van der Waals surface area contributed by atoms with Crippen molar-refractivity contribution in [3.05, 3.63) is 63.7 Å². The summed E-state index contributed by atoms with van der Waals surface area (Å²) in [5, 5.41) is 0.641. The normalized spacial score (nSPS) is 12.2. The SMILES string of the molecule is COc1cc(Cl)ccc1C(NN)c1ccc(C)cc1C. The summed E-state index contributed by atoms with van der Waals surface area (Å²) in [5.74, 6) is 6.49. The molecule has 106 valence electrons. The molecule has 0 aromatic heterocycles. The number of aryl methyl sites for hydroxylation is 2. The van der Waals surface area contributed by atoms with Gasteiger partial charge in [0.15, 0.2) is 0 Å². The maximum Gasteiger partial charge on any atom is 0.125 e. The Kier molecular flexibility index (Phi) is 4.65. The molecular weight excluding hydrogens is 272 g/mol. The first kappa shape index (κ1) is 14.9. The molecule has 3 N–H and O–H groups in total. The van der Waals surface area contributed by atoms with E-state index >= 15 is 0 Å². The average Bonchev–Trinajstić information content (AvgIpc) is 2.43. The minimum absolute atomic E-state index is 0.136. The van der Waals surface area contributed by atoms with Crippen molar-refractivity contribution in [3.63, 3.8) is 0 Å². The molecular formula is C16H19ClN2O. The highest BCUT2D eigenvalue weighted by Crippen LogP contribution is 2.33. The second-order valence-corrected chi connectivity index (χ2v) is 5.28. The maximum atomic E-state index is 6.01. The van der Waals surface area contributed by atoms with Crippen LogP contribution in [0.5, 0.6) is 5.75 Å². The molecule has 0 amide bonds. The molecule has 4 heteroatoms. The molecule has 0 saturated carbocycles. The van der Waals surface area contributed by atoms with Gasteiger partial charge in [0.2, 0.25) is 0 Å². The van der Waals surface area contributed by atoms with Gasteiger partial charge in [-0.25, -0.2) is 5.43 Å². The number of hydrogen-bond donors (Lipinski definition) is 2. The van der Waals surface area contributed by atoms with E-state index in [-0.39, 0.29) is 6.04 Å². The van der Waals surface area contributed by atoms with E-state index in [0.29, 0.717) is 5.02 Å². The van der Waals surface area contributed by atoms with Gasteiger partial charge in [-0.15, -0.1) is 0 Å². The third kappa shape index (κ3) is 2.96. The number of hydrazine groups is 1. The highest BCUT2D eigenvalue weighted by Gasteiger charge is 2.18. The van der Waals surface area contributed by atoms with Gasteiger partial charge >= 0.3 is 0 Å². The Morgan fingerprint density at radius 1 is 1.10 bits per heavy atom. The first-order valence-corrected chi connectivity index (χ1v) is 6.81. The maximum absolute atomic E-state index is 6.01. The average molecular weight is 291 g/mol. The van der Waals surface area contributed by atoms with Crippen molar-refractivity contribution in [1.82, 2.24) is 5.43 Å². The Hall–Kier alpha value is -1.55. The molecule has 2 aromatic rings. The highest BCUT2D eigenvalue weighted by molar-refractivity contribution is 6.30. The van der Waals surface area contributed by atoms with Crippen LogP contribution < -0.4 is 16.0 Å². The Morgan fingerprint density at radius 3 is 2.40 bits per heavy atom. The summed E-state index contributed by atoms with van der Waals surface area (Å²) in [4.78, 5) is 0. The largest absolute Gasteiger partial charge is 0.496 e. The zero-order chi connectivity index (χ0) is 14.7. The van der Waals surface area contributed by atoms with Crippen LogP contribution >= 0.6 is 11.6 Å². The van der Waals surface area contributed by atoms with Crippen LogP contribution in [0.2, 0.25) is 5.02 Å². The van der Waals surface area contributed by atoms with Crippen LogP contribution in [0.4, 0.5) is 0 Å². The van der Waals surface area contributed by atoms with Crippen LogP contribution in [-0.4, -0.2) is 7.11 Å². The van der Waals surface area contributed by atoms with Crippen molar-refractivity contribution in [2.75, 3.05) is 7.11 Å². The Bertz CT molecular complexity index is 613. The van der Waals surface area contributed by atoms with E-state index in [4.69, 9.17) is 22.2 Å². The molecule has 20 heavy (non-hydrogen) atoms. The summed E-state index contributed by atoms with van der Waals surface area (Å²) in [6, 6.07) is 11.7. The fraction of sp³-hybridized carbons (Fsp3) is 0.250. The molecule has 2 rings (SSSR count). The van der Waals surface area contributed by atoms with Gasteiger partial charge in [0.1, 0.15) is 5.75 Å². The van der Waals surface area contributed by atoms with Crippen LogP contribution in [0.3, 0.4) is 0 Å². The fourth-order valence-corrected chi connectivity index (χ4v) is 2.58. The van der Waals surface area contributed by atoms with Gasteiger partial charge in [0, 0.05) is 10.6 Å². The molecule has 0 radical (unpaired) electrons. The molecule has 0 heterocycles. The van der Waals surface area contributed by atoms with E-state index in [9.17, 15) is 0 Å². The second kappa shape index (κ2) is 6.27. The van der Waals surface area contributed by atoms with E-state index in [0.717, 1.165) is 16.9 Å². The van der Waals surface area contributed by atoms with Crippen molar-refractivity contribution in [2.45, 2.75) is 19.9 Å². The highest BCUT2D eigenvalue weighted by atomic mass is 35.5. The fourth-order valence-electron chi connectivity index (χ4n) is 2.42. The smallest absolute Gasteiger partial charge is 0.125 e. The van der Waals surface area contributed by atoms with Gasteiger partial charge < -0.3 is 4.74 Å². The molecule has 3 nitrogen and oxygen atoms in total. The van der Waals surface area contributed by atoms with Gasteiger partial charge in [-0.05, 0) is 37.1 Å². The van der Waals surface area contributed by atoms with Crippen LogP contribution in [0.25, 0.3) is 0 Å². The quantitative estimate of drug-likeness (QED) is 0.669. The molecule has 1 atom stereocenters. The third-order valence-corrected chi connectivity index (χ3v) is 3.64. The summed E-state index contributed by atoms with van der Waals surface area (Å²) >= 11 is 6.01. The Morgan fingerprint density at radius 2 is 1.80 bits per heavy atom. The molecule has 0 spiro atoms. The lowest BCUT2D eigenvalue weighted by Crippen LogP contribution is -2.29. The van der Waals surface area contributed by atoms with Gasteiger partial charge in [-0.3, -0.25) is 5.84 Å². The standard InChI is InChI=1S/C16H19ClN2O/c1-10-4-6-13(11(2)8-10)16(19-18)14-7-5-12(17)9-15(14)20-3/h4-9,16,19H,18H2,1-3H3. The van der Waals surface area contributed by atoms with Gasteiger partial charge in [0.25, 0.3) is 0 Å². The van der Waals surface area contributed by atoms with Crippen LogP contribution in [-0.2, 0) is 0 Å². The minimum atomic E-state index is -0.136. The van der Waals surface area contributed by atoms with Crippen LogP contribution in [0, 0.1) is 13.8 Å². The third-order valence-electron chi connectivity index (χ3n) is 3.41. The Labute approximate surface area is 124 Å². The number of ether oxygens (including phenoxy) is 1. The van der Waals surface area contributed by atoms with Crippen molar-refractivity contribution < 1.29 is 4.74 Å². The molecule has 1 unspecified atom stereocenters. The van der Waals surface area contributed by atoms with Crippen molar-refractivity contribution in [3.8, 4) is 5.75 Å². The van der Waals surface area contributed by atoms with E-state index in [1.165, 1.54) is 11.1 Å². The number of methoxy groups -OCH3 is 1. The number of hydrogen-bond acceptors (Lipinski definition) is 3. The Balaban J connectivity index is 2.52. The predicted octanol–water partition coefficient (Wildman–Crippen LogP) is 3.52. The summed E-state index contributed by atoms with van der Waals surface area (Å²) in [6.45, 7) is 4.15. The minimum Gasteiger partial charge on any atom is -0.496 e.